The van der Waals surface area contributed by atoms with E-state index in [4.69, 9.17) is 4.74 Å². The van der Waals surface area contributed by atoms with Gasteiger partial charge in [0, 0.05) is 19.4 Å². The Morgan fingerprint density at radius 3 is 1.98 bits per heavy atom. The Balaban J connectivity index is 1.19. The molecule has 262 valence electrons. The monoisotopic (exact) mass is 677 g/mol. The molecular weight excluding hydrogens is 630 g/mol. The first-order chi connectivity index (χ1) is 24.0. The minimum atomic E-state index is -1.07. The Kier molecular flexibility index (Phi) is 9.18. The lowest BCUT2D eigenvalue weighted by Gasteiger charge is -2.40. The minimum absolute atomic E-state index is 0.158. The number of benzene rings is 3. The Morgan fingerprint density at radius 2 is 1.30 bits per heavy atom. The van der Waals surface area contributed by atoms with Crippen LogP contribution in [0.2, 0.25) is 0 Å². The molecule has 0 aromatic heterocycles. The number of carboxylic acid groups (broad SMARTS) is 1. The lowest BCUT2D eigenvalue weighted by molar-refractivity contribution is -0.155. The molecule has 3 heterocycles. The highest BCUT2D eigenvalue weighted by molar-refractivity contribution is 6.02. The van der Waals surface area contributed by atoms with Gasteiger partial charge < -0.3 is 19.6 Å². The Hall–Kier alpha value is -4.66. The Morgan fingerprint density at radius 1 is 0.680 bits per heavy atom. The van der Waals surface area contributed by atoms with E-state index < -0.39 is 36.2 Å². The number of ether oxygens (including phenoxy) is 1. The fraction of sp³-hybridized carbons (Fsp3) is 0.463. The lowest BCUT2D eigenvalue weighted by Crippen LogP contribution is -2.58. The summed E-state index contributed by atoms with van der Waals surface area (Å²) in [6.45, 7) is 6.93. The van der Waals surface area contributed by atoms with Crippen molar-refractivity contribution in [2.24, 2.45) is 11.3 Å². The van der Waals surface area contributed by atoms with Crippen LogP contribution in [0.25, 0.3) is 0 Å². The molecule has 1 aliphatic carbocycles. The molecule has 4 aliphatic rings. The van der Waals surface area contributed by atoms with Crippen LogP contribution in [0, 0.1) is 11.3 Å². The first-order valence-electron chi connectivity index (χ1n) is 18.1. The van der Waals surface area contributed by atoms with Crippen LogP contribution in [0.3, 0.4) is 0 Å². The molecule has 1 saturated carbocycles. The highest BCUT2D eigenvalue weighted by atomic mass is 16.6. The average Bonchev–Trinajstić information content (AvgIpc) is 3.73. The van der Waals surface area contributed by atoms with Crippen LogP contribution in [0.15, 0.2) is 78.9 Å². The number of carbonyl (C=O) groups is 4. The van der Waals surface area contributed by atoms with Gasteiger partial charge in [0.25, 0.3) is 0 Å². The summed E-state index contributed by atoms with van der Waals surface area (Å²) in [5, 5.41) is 10.3. The number of amides is 3. The fourth-order valence-corrected chi connectivity index (χ4v) is 8.76. The largest absolute Gasteiger partial charge is 0.480 e. The summed E-state index contributed by atoms with van der Waals surface area (Å²) in [6.07, 6.45) is 4.19. The van der Waals surface area contributed by atoms with E-state index in [0.29, 0.717) is 30.9 Å². The first-order valence-corrected chi connectivity index (χ1v) is 18.1. The third-order valence-electron chi connectivity index (χ3n) is 11.5. The summed E-state index contributed by atoms with van der Waals surface area (Å²) in [7, 11) is 0. The van der Waals surface area contributed by atoms with E-state index in [1.54, 1.807) is 4.90 Å². The van der Waals surface area contributed by atoms with Gasteiger partial charge in [-0.05, 0) is 78.2 Å². The molecule has 1 N–H and O–H groups in total. The van der Waals surface area contributed by atoms with Crippen molar-refractivity contribution in [1.29, 1.82) is 0 Å². The molecule has 3 aromatic carbocycles. The van der Waals surface area contributed by atoms with E-state index in [1.165, 1.54) is 9.80 Å². The molecule has 50 heavy (non-hydrogen) atoms. The van der Waals surface area contributed by atoms with Crippen LogP contribution < -0.4 is 4.90 Å². The number of hydrogen-bond acceptors (Lipinski definition) is 5. The lowest BCUT2D eigenvalue weighted by atomic mass is 9.72. The SMILES string of the molecule is CC(C)(C)C1CCC(OC(=O)N2c3ccccc3C[C@@H]2C(=O)N2[C@@H](C(=O)N3Cc4ccccc4C[C@@H]3C(=O)O)CC[C@H]2c2ccccc2)CC1. The number of likely N-dealkylation sites (tertiary alicyclic amines) is 1. The topological polar surface area (TPSA) is 107 Å². The van der Waals surface area contributed by atoms with Crippen LogP contribution in [0.4, 0.5) is 10.5 Å². The van der Waals surface area contributed by atoms with Gasteiger partial charge >= 0.3 is 12.1 Å². The highest BCUT2D eigenvalue weighted by Crippen LogP contribution is 2.43. The van der Waals surface area contributed by atoms with Gasteiger partial charge in [0.2, 0.25) is 11.8 Å². The van der Waals surface area contributed by atoms with Crippen molar-refractivity contribution in [3.05, 3.63) is 101 Å². The average molecular weight is 678 g/mol. The molecule has 2 fully saturated rings. The van der Waals surface area contributed by atoms with Gasteiger partial charge in [-0.3, -0.25) is 14.5 Å². The third-order valence-corrected chi connectivity index (χ3v) is 11.5. The number of carboxylic acids is 1. The van der Waals surface area contributed by atoms with Crippen LogP contribution in [0.1, 0.15) is 87.6 Å². The first kappa shape index (κ1) is 33.8. The molecule has 9 nitrogen and oxygen atoms in total. The van der Waals surface area contributed by atoms with Gasteiger partial charge in [-0.1, -0.05) is 93.6 Å². The van der Waals surface area contributed by atoms with Crippen LogP contribution >= 0.6 is 0 Å². The predicted molar refractivity (Wildman–Crippen MR) is 189 cm³/mol. The van der Waals surface area contributed by atoms with Gasteiger partial charge in [-0.2, -0.15) is 0 Å². The molecule has 3 amide bonds. The van der Waals surface area contributed by atoms with Crippen LogP contribution in [0.5, 0.6) is 0 Å². The molecule has 0 spiro atoms. The highest BCUT2D eigenvalue weighted by Gasteiger charge is 2.51. The summed E-state index contributed by atoms with van der Waals surface area (Å²) in [4.78, 5) is 60.9. The predicted octanol–water partition coefficient (Wildman–Crippen LogP) is 6.93. The van der Waals surface area contributed by atoms with E-state index in [1.807, 2.05) is 78.9 Å². The normalized spacial score (nSPS) is 26.3. The molecule has 1 saturated heterocycles. The molecule has 0 unspecified atom stereocenters. The summed E-state index contributed by atoms with van der Waals surface area (Å²) in [5.74, 6) is -1.21. The number of anilines is 1. The van der Waals surface area contributed by atoms with Gasteiger partial charge in [-0.15, -0.1) is 0 Å². The summed E-state index contributed by atoms with van der Waals surface area (Å²) >= 11 is 0. The number of aliphatic carboxylic acids is 1. The van der Waals surface area contributed by atoms with E-state index in [-0.39, 0.29) is 36.3 Å². The number of rotatable bonds is 5. The van der Waals surface area contributed by atoms with Crippen molar-refractivity contribution >= 4 is 29.6 Å². The quantitative estimate of drug-likeness (QED) is 0.314. The summed E-state index contributed by atoms with van der Waals surface area (Å²) in [6, 6.07) is 21.6. The maximum atomic E-state index is 15.1. The molecule has 0 radical (unpaired) electrons. The van der Waals surface area contributed by atoms with Gasteiger partial charge in [0.1, 0.15) is 24.2 Å². The van der Waals surface area contributed by atoms with Crippen molar-refractivity contribution in [2.75, 3.05) is 4.90 Å². The van der Waals surface area contributed by atoms with Crippen molar-refractivity contribution in [3.8, 4) is 0 Å². The Labute approximate surface area is 294 Å². The maximum Gasteiger partial charge on any atom is 0.415 e. The second kappa shape index (κ2) is 13.6. The number of hydrogen-bond donors (Lipinski definition) is 1. The molecule has 4 atom stereocenters. The fourth-order valence-electron chi connectivity index (χ4n) is 8.76. The van der Waals surface area contributed by atoms with Crippen LogP contribution in [-0.2, 0) is 38.5 Å². The van der Waals surface area contributed by atoms with Gasteiger partial charge in [0.05, 0.1) is 11.7 Å². The van der Waals surface area contributed by atoms with E-state index in [9.17, 15) is 19.5 Å². The number of fused-ring (bicyclic) bond motifs is 2. The van der Waals surface area contributed by atoms with Gasteiger partial charge in [0.15, 0.2) is 0 Å². The third kappa shape index (κ3) is 6.38. The second-order valence-electron chi connectivity index (χ2n) is 15.5. The summed E-state index contributed by atoms with van der Waals surface area (Å²) < 4.78 is 6.17. The number of nitrogens with zero attached hydrogens (tertiary/aromatic N) is 3. The summed E-state index contributed by atoms with van der Waals surface area (Å²) in [5.41, 5.74) is 4.43. The van der Waals surface area contributed by atoms with Crippen LogP contribution in [-0.4, -0.2) is 63.0 Å². The van der Waals surface area contributed by atoms with Gasteiger partial charge in [-0.25, -0.2) is 9.59 Å². The van der Waals surface area contributed by atoms with Crippen molar-refractivity contribution in [2.45, 2.75) is 109 Å². The maximum absolute atomic E-state index is 15.1. The standard InChI is InChI=1S/C41H47N3O6/c1-41(2,3)30-17-19-31(20-18-30)50-40(49)44-32-16-10-9-14-28(32)24-35(44)38(46)43-33(26-11-5-4-6-12-26)21-22-34(43)37(45)42-25-29-15-8-7-13-27(29)23-36(42)39(47)48/h4-16,30-31,33-36H,17-25H2,1-3H3,(H,47,48)/t30?,31?,33-,34+,35+,36+/m0/s1. The van der Waals surface area contributed by atoms with E-state index >= 15 is 4.79 Å². The molecule has 0 bridgehead atoms. The van der Waals surface area contributed by atoms with Crippen molar-refractivity contribution in [3.63, 3.8) is 0 Å². The smallest absolute Gasteiger partial charge is 0.415 e. The molecular formula is C41H47N3O6. The second-order valence-corrected chi connectivity index (χ2v) is 15.5. The van der Waals surface area contributed by atoms with Crippen molar-refractivity contribution < 1.29 is 29.0 Å². The zero-order valence-corrected chi connectivity index (χ0v) is 29.2. The number of carbonyl (C=O) groups excluding carboxylic acids is 3. The zero-order valence-electron chi connectivity index (χ0n) is 29.2. The molecule has 3 aliphatic heterocycles. The minimum Gasteiger partial charge on any atom is -0.480 e. The zero-order chi connectivity index (χ0) is 35.2. The molecule has 9 heteroatoms. The van der Waals surface area contributed by atoms with E-state index in [2.05, 4.69) is 20.8 Å². The molecule has 3 aromatic rings. The Bertz CT molecular complexity index is 1760. The molecule has 7 rings (SSSR count). The number of para-hydroxylation sites is 1. The van der Waals surface area contributed by atoms with E-state index in [0.717, 1.165) is 47.9 Å². The van der Waals surface area contributed by atoms with Crippen molar-refractivity contribution in [1.82, 2.24) is 9.80 Å².